The minimum Gasteiger partial charge on any atom is -0.339 e. The number of unbranched alkanes of at least 4 members (excludes halogenated alkanes) is 1. The van der Waals surface area contributed by atoms with Crippen LogP contribution < -0.4 is 0 Å². The van der Waals surface area contributed by atoms with Crippen LogP contribution in [0.4, 0.5) is 0 Å². The van der Waals surface area contributed by atoms with Crippen LogP contribution in [0, 0.1) is 0 Å². The van der Waals surface area contributed by atoms with Crippen LogP contribution in [-0.2, 0) is 12.1 Å². The second-order valence-electron chi connectivity index (χ2n) is 12.7. The van der Waals surface area contributed by atoms with Crippen LogP contribution in [-0.4, -0.2) is 66.9 Å². The Labute approximate surface area is 249 Å². The van der Waals surface area contributed by atoms with E-state index in [2.05, 4.69) is 46.8 Å². The van der Waals surface area contributed by atoms with Crippen molar-refractivity contribution in [1.29, 1.82) is 0 Å². The number of aromatic nitrogens is 4. The number of carbonyl (C=O) groups excluding carboxylic acids is 2. The number of rotatable bonds is 5. The summed E-state index contributed by atoms with van der Waals surface area (Å²) in [6.07, 6.45) is 13.0. The summed E-state index contributed by atoms with van der Waals surface area (Å²) in [6.45, 7) is 13.2. The Morgan fingerprint density at radius 2 is 1.21 bits per heavy atom. The van der Waals surface area contributed by atoms with Crippen LogP contribution in [0.5, 0.6) is 0 Å². The van der Waals surface area contributed by atoms with E-state index in [1.807, 2.05) is 58.9 Å². The molecule has 0 N–H and O–H groups in total. The van der Waals surface area contributed by atoms with Crippen molar-refractivity contribution >= 4 is 33.9 Å². The Kier molecular flexibility index (Phi) is 9.29. The van der Waals surface area contributed by atoms with E-state index in [0.717, 1.165) is 98.0 Å². The molecule has 4 aromatic rings. The molecule has 2 aliphatic rings. The van der Waals surface area contributed by atoms with Crippen molar-refractivity contribution < 1.29 is 9.59 Å². The molecular formula is C34H46N6O2. The fraction of sp³-hybridized carbons (Fsp3) is 0.529. The van der Waals surface area contributed by atoms with Crippen LogP contribution in [0.15, 0.2) is 49.1 Å². The lowest BCUT2D eigenvalue weighted by atomic mass is 10.1. The molecular weight excluding hydrogens is 524 g/mol. The van der Waals surface area contributed by atoms with Crippen molar-refractivity contribution in [2.45, 2.75) is 91.1 Å². The van der Waals surface area contributed by atoms with E-state index in [1.54, 1.807) is 0 Å². The molecule has 2 aromatic heterocycles. The number of piperidine rings is 2. The first kappa shape index (κ1) is 29.8. The molecule has 6 rings (SSSR count). The molecule has 0 spiro atoms. The maximum Gasteiger partial charge on any atom is 0.253 e. The summed E-state index contributed by atoms with van der Waals surface area (Å²) in [4.78, 5) is 37.9. The molecule has 224 valence electrons. The smallest absolute Gasteiger partial charge is 0.253 e. The number of amides is 2. The maximum atomic E-state index is 12.5. The first-order valence-electron chi connectivity index (χ1n) is 15.8. The van der Waals surface area contributed by atoms with Gasteiger partial charge < -0.3 is 18.9 Å². The zero-order valence-electron chi connectivity index (χ0n) is 25.8. The van der Waals surface area contributed by atoms with Crippen molar-refractivity contribution in [2.75, 3.05) is 26.2 Å². The third-order valence-corrected chi connectivity index (χ3v) is 8.42. The molecule has 0 bridgehead atoms. The average Bonchev–Trinajstić information content (AvgIpc) is 3.64. The van der Waals surface area contributed by atoms with E-state index >= 15 is 0 Å². The first-order valence-corrected chi connectivity index (χ1v) is 15.8. The highest BCUT2D eigenvalue weighted by Crippen LogP contribution is 2.24. The topological polar surface area (TPSA) is 76.3 Å². The molecule has 2 saturated heterocycles. The number of carbonyl (C=O) groups is 2. The highest BCUT2D eigenvalue weighted by atomic mass is 16.2. The molecule has 0 unspecified atom stereocenters. The van der Waals surface area contributed by atoms with Gasteiger partial charge in [-0.25, -0.2) is 9.97 Å². The quantitative estimate of drug-likeness (QED) is 0.262. The van der Waals surface area contributed by atoms with Crippen LogP contribution in [0.25, 0.3) is 22.1 Å². The fourth-order valence-corrected chi connectivity index (χ4v) is 5.94. The number of imidazole rings is 2. The van der Waals surface area contributed by atoms with Gasteiger partial charge >= 0.3 is 0 Å². The third-order valence-electron chi connectivity index (χ3n) is 8.42. The second-order valence-corrected chi connectivity index (χ2v) is 12.7. The van der Waals surface area contributed by atoms with E-state index in [4.69, 9.17) is 0 Å². The maximum absolute atomic E-state index is 12.5. The standard InChI is InChI=1S/2C17H23N3O/c1-17(2,3)20-12-18-14-11-13(7-8-15(14)20)16(21)19-9-5-4-6-10-19;1-2-3-9-20-13-18-15-12-14(7-8-16(15)20)17(21)19-10-5-4-6-11-19/h7-8,11-12H,4-6,9-10H2,1-3H3;7-8,12-13H,2-6,9-11H2,1H3. The Balaban J connectivity index is 0.000000168. The largest absolute Gasteiger partial charge is 0.339 e. The van der Waals surface area contributed by atoms with E-state index in [-0.39, 0.29) is 17.4 Å². The van der Waals surface area contributed by atoms with E-state index in [0.29, 0.717) is 0 Å². The van der Waals surface area contributed by atoms with Crippen molar-refractivity contribution in [3.63, 3.8) is 0 Å². The minimum atomic E-state index is -0.00680. The SMILES string of the molecule is CC(C)(C)n1cnc2cc(C(=O)N3CCCCC3)ccc21.CCCCn1cnc2cc(C(=O)N3CCCCC3)ccc21. The average molecular weight is 571 g/mol. The van der Waals surface area contributed by atoms with Crippen molar-refractivity contribution in [3.8, 4) is 0 Å². The van der Waals surface area contributed by atoms with Crippen LogP contribution >= 0.6 is 0 Å². The lowest BCUT2D eigenvalue weighted by Gasteiger charge is -2.26. The highest BCUT2D eigenvalue weighted by molar-refractivity contribution is 5.98. The summed E-state index contributed by atoms with van der Waals surface area (Å²) in [7, 11) is 0. The van der Waals surface area contributed by atoms with Crippen LogP contribution in [0.1, 0.15) is 99.8 Å². The van der Waals surface area contributed by atoms with Gasteiger partial charge in [0.25, 0.3) is 11.8 Å². The Morgan fingerprint density at radius 1 is 0.714 bits per heavy atom. The number of likely N-dealkylation sites (tertiary alicyclic amines) is 2. The van der Waals surface area contributed by atoms with Gasteiger partial charge in [-0.2, -0.15) is 0 Å². The Bertz CT molecular complexity index is 1520. The summed E-state index contributed by atoms with van der Waals surface area (Å²) in [5, 5.41) is 0. The highest BCUT2D eigenvalue weighted by Gasteiger charge is 2.21. The minimum absolute atomic E-state index is 0.00680. The second kappa shape index (κ2) is 13.1. The number of hydrogen-bond donors (Lipinski definition) is 0. The van der Waals surface area contributed by atoms with Gasteiger partial charge in [-0.3, -0.25) is 9.59 Å². The zero-order chi connectivity index (χ0) is 29.7. The summed E-state index contributed by atoms with van der Waals surface area (Å²) in [5.74, 6) is 0.293. The zero-order valence-corrected chi connectivity index (χ0v) is 25.8. The fourth-order valence-electron chi connectivity index (χ4n) is 5.94. The molecule has 42 heavy (non-hydrogen) atoms. The van der Waals surface area contributed by atoms with Crippen molar-refractivity contribution in [3.05, 3.63) is 60.2 Å². The van der Waals surface area contributed by atoms with Gasteiger partial charge in [0.05, 0.1) is 34.7 Å². The summed E-state index contributed by atoms with van der Waals surface area (Å²) in [5.41, 5.74) is 5.54. The van der Waals surface area contributed by atoms with Crippen LogP contribution in [0.3, 0.4) is 0 Å². The number of nitrogens with zero attached hydrogens (tertiary/aromatic N) is 6. The number of fused-ring (bicyclic) bond motifs is 2. The molecule has 2 amide bonds. The lowest BCUT2D eigenvalue weighted by molar-refractivity contribution is 0.0717. The molecule has 8 nitrogen and oxygen atoms in total. The molecule has 2 aromatic carbocycles. The molecule has 4 heterocycles. The van der Waals surface area contributed by atoms with E-state index < -0.39 is 0 Å². The summed E-state index contributed by atoms with van der Waals surface area (Å²) >= 11 is 0. The van der Waals surface area contributed by atoms with Crippen molar-refractivity contribution in [1.82, 2.24) is 28.9 Å². The molecule has 2 fully saturated rings. The normalized spacial score (nSPS) is 16.0. The molecule has 2 aliphatic heterocycles. The van der Waals surface area contributed by atoms with Gasteiger partial charge in [0.1, 0.15) is 0 Å². The van der Waals surface area contributed by atoms with Gasteiger partial charge in [0.2, 0.25) is 0 Å². The Hall–Kier alpha value is -3.68. The van der Waals surface area contributed by atoms with Gasteiger partial charge in [-0.1, -0.05) is 13.3 Å². The predicted octanol–water partition coefficient (Wildman–Crippen LogP) is 6.88. The lowest BCUT2D eigenvalue weighted by Crippen LogP contribution is -2.35. The van der Waals surface area contributed by atoms with E-state index in [9.17, 15) is 9.59 Å². The van der Waals surface area contributed by atoms with Gasteiger partial charge in [-0.15, -0.1) is 0 Å². The van der Waals surface area contributed by atoms with Gasteiger partial charge in [0, 0.05) is 49.4 Å². The third kappa shape index (κ3) is 6.69. The predicted molar refractivity (Wildman–Crippen MR) is 169 cm³/mol. The van der Waals surface area contributed by atoms with E-state index in [1.165, 1.54) is 19.3 Å². The summed E-state index contributed by atoms with van der Waals surface area (Å²) in [6, 6.07) is 11.8. The monoisotopic (exact) mass is 570 g/mol. The van der Waals surface area contributed by atoms with Gasteiger partial charge in [0.15, 0.2) is 0 Å². The van der Waals surface area contributed by atoms with Gasteiger partial charge in [-0.05, 0) is 102 Å². The summed E-state index contributed by atoms with van der Waals surface area (Å²) < 4.78 is 4.32. The molecule has 8 heteroatoms. The Morgan fingerprint density at radius 3 is 1.74 bits per heavy atom. The molecule has 0 saturated carbocycles. The first-order chi connectivity index (χ1) is 20.3. The number of benzene rings is 2. The molecule has 0 atom stereocenters. The number of hydrogen-bond acceptors (Lipinski definition) is 4. The van der Waals surface area contributed by atoms with Crippen molar-refractivity contribution in [2.24, 2.45) is 0 Å². The van der Waals surface area contributed by atoms with Crippen LogP contribution in [0.2, 0.25) is 0 Å². The number of aryl methyl sites for hydroxylation is 1. The molecule has 0 radical (unpaired) electrons. The molecule has 0 aliphatic carbocycles.